The van der Waals surface area contributed by atoms with Crippen molar-refractivity contribution in [3.05, 3.63) is 83.5 Å². The molecule has 5 heteroatoms. The third-order valence-corrected chi connectivity index (χ3v) is 6.17. The van der Waals surface area contributed by atoms with Crippen LogP contribution in [0, 0.1) is 0 Å². The molecule has 0 spiro atoms. The molecule has 0 saturated carbocycles. The van der Waals surface area contributed by atoms with Crippen molar-refractivity contribution >= 4 is 11.0 Å². The van der Waals surface area contributed by atoms with Gasteiger partial charge in [0, 0.05) is 31.0 Å². The highest BCUT2D eigenvalue weighted by atomic mass is 16.1. The minimum absolute atomic E-state index is 0.0475. The highest BCUT2D eigenvalue weighted by molar-refractivity contribution is 5.83. The Morgan fingerprint density at radius 2 is 1.67 bits per heavy atom. The summed E-state index contributed by atoms with van der Waals surface area (Å²) in [5.41, 5.74) is 5.26. The monoisotopic (exact) mass is 398 g/mol. The predicted octanol–water partition coefficient (Wildman–Crippen LogP) is 4.86. The third-order valence-electron chi connectivity index (χ3n) is 6.17. The molecule has 5 rings (SSSR count). The van der Waals surface area contributed by atoms with E-state index in [-0.39, 0.29) is 11.7 Å². The molecule has 1 unspecified atom stereocenters. The lowest BCUT2D eigenvalue weighted by molar-refractivity contribution is 0.124. The lowest BCUT2D eigenvalue weighted by atomic mass is 10.1. The summed E-state index contributed by atoms with van der Waals surface area (Å²) in [5, 5.41) is 0. The second-order valence-corrected chi connectivity index (χ2v) is 8.05. The molecule has 0 radical (unpaired) electrons. The minimum Gasteiger partial charge on any atom is -0.299 e. The number of aromatic nitrogens is 3. The Hall–Kier alpha value is -3.18. The number of nitrogens with zero attached hydrogens (tertiary/aromatic N) is 4. The van der Waals surface area contributed by atoms with Crippen LogP contribution >= 0.6 is 0 Å². The number of rotatable bonds is 4. The molecule has 1 aliphatic rings. The highest BCUT2D eigenvalue weighted by Crippen LogP contribution is 2.26. The van der Waals surface area contributed by atoms with E-state index >= 15 is 0 Å². The molecular weight excluding hydrogens is 372 g/mol. The van der Waals surface area contributed by atoms with Gasteiger partial charge in [-0.3, -0.25) is 18.8 Å². The van der Waals surface area contributed by atoms with E-state index in [1.54, 1.807) is 6.07 Å². The fourth-order valence-corrected chi connectivity index (χ4v) is 4.42. The Kier molecular flexibility index (Phi) is 4.97. The quantitative estimate of drug-likeness (QED) is 0.493. The molecule has 30 heavy (non-hydrogen) atoms. The maximum Gasteiger partial charge on any atom is 0.251 e. The van der Waals surface area contributed by atoms with Gasteiger partial charge >= 0.3 is 0 Å². The average molecular weight is 399 g/mol. The molecule has 2 aromatic heterocycles. The van der Waals surface area contributed by atoms with Crippen molar-refractivity contribution in [2.45, 2.75) is 32.4 Å². The number of hydrogen-bond donors (Lipinski definition) is 0. The van der Waals surface area contributed by atoms with Gasteiger partial charge in [-0.2, -0.15) is 0 Å². The van der Waals surface area contributed by atoms with E-state index in [0.29, 0.717) is 0 Å². The van der Waals surface area contributed by atoms with Crippen molar-refractivity contribution in [1.29, 1.82) is 0 Å². The molecule has 152 valence electrons. The number of benzene rings is 2. The number of para-hydroxylation sites is 1. The Morgan fingerprint density at radius 3 is 2.47 bits per heavy atom. The molecule has 0 N–H and O–H groups in total. The molecule has 3 heterocycles. The van der Waals surface area contributed by atoms with Crippen molar-refractivity contribution in [2.24, 2.45) is 0 Å². The van der Waals surface area contributed by atoms with Crippen molar-refractivity contribution in [2.75, 3.05) is 13.1 Å². The van der Waals surface area contributed by atoms with Crippen LogP contribution in [0.15, 0.2) is 78.0 Å². The summed E-state index contributed by atoms with van der Waals surface area (Å²) in [7, 11) is 0. The summed E-state index contributed by atoms with van der Waals surface area (Å²) < 4.78 is 3.96. The molecule has 1 saturated heterocycles. The van der Waals surface area contributed by atoms with E-state index < -0.39 is 0 Å². The molecule has 1 atom stereocenters. The van der Waals surface area contributed by atoms with Crippen LogP contribution < -0.4 is 5.56 Å². The summed E-state index contributed by atoms with van der Waals surface area (Å²) in [4.78, 5) is 19.6. The first-order valence-electron chi connectivity index (χ1n) is 10.7. The zero-order chi connectivity index (χ0) is 20.5. The normalized spacial score (nSPS) is 16.0. The van der Waals surface area contributed by atoms with Crippen molar-refractivity contribution in [3.63, 3.8) is 0 Å². The SMILES string of the molecule is CC(N1CCCCC1)n1cc(-c2ccc3c(c2)ncn3-c2ccccc2)ccc1=O. The highest BCUT2D eigenvalue weighted by Gasteiger charge is 2.19. The lowest BCUT2D eigenvalue weighted by Gasteiger charge is -2.33. The third kappa shape index (κ3) is 3.46. The number of pyridine rings is 1. The van der Waals surface area contributed by atoms with Gasteiger partial charge in [0.15, 0.2) is 0 Å². The van der Waals surface area contributed by atoms with Crippen LogP contribution in [-0.4, -0.2) is 32.1 Å². The van der Waals surface area contributed by atoms with Gasteiger partial charge in [-0.15, -0.1) is 0 Å². The van der Waals surface area contributed by atoms with Gasteiger partial charge in [0.25, 0.3) is 5.56 Å². The first kappa shape index (κ1) is 18.8. The van der Waals surface area contributed by atoms with Gasteiger partial charge < -0.3 is 0 Å². The van der Waals surface area contributed by atoms with E-state index in [9.17, 15) is 4.79 Å². The maximum absolute atomic E-state index is 12.6. The number of hydrogen-bond acceptors (Lipinski definition) is 3. The van der Waals surface area contributed by atoms with Gasteiger partial charge in [-0.05, 0) is 61.2 Å². The van der Waals surface area contributed by atoms with E-state index in [2.05, 4.69) is 51.7 Å². The molecule has 1 fully saturated rings. The number of likely N-dealkylation sites (tertiary alicyclic amines) is 1. The maximum atomic E-state index is 12.6. The molecule has 0 amide bonds. The van der Waals surface area contributed by atoms with Gasteiger partial charge in [-0.1, -0.05) is 30.7 Å². The molecule has 4 aromatic rings. The fraction of sp³-hybridized carbons (Fsp3) is 0.280. The molecular formula is C25H26N4O. The fourth-order valence-electron chi connectivity index (χ4n) is 4.42. The second kappa shape index (κ2) is 7.92. The van der Waals surface area contributed by atoms with Crippen molar-refractivity contribution < 1.29 is 0 Å². The largest absolute Gasteiger partial charge is 0.299 e. The van der Waals surface area contributed by atoms with E-state index in [1.807, 2.05) is 41.4 Å². The summed E-state index contributed by atoms with van der Waals surface area (Å²) in [6, 6.07) is 20.1. The Balaban J connectivity index is 1.50. The second-order valence-electron chi connectivity index (χ2n) is 8.05. The molecule has 0 bridgehead atoms. The molecule has 0 aliphatic carbocycles. The van der Waals surface area contributed by atoms with Crippen molar-refractivity contribution in [3.8, 4) is 16.8 Å². The zero-order valence-corrected chi connectivity index (χ0v) is 17.2. The Labute approximate surface area is 176 Å². The van der Waals surface area contributed by atoms with Gasteiger partial charge in [0.1, 0.15) is 6.33 Å². The Bertz CT molecular complexity index is 1220. The summed E-state index contributed by atoms with van der Waals surface area (Å²) in [5.74, 6) is 0. The lowest BCUT2D eigenvalue weighted by Crippen LogP contribution is -2.39. The topological polar surface area (TPSA) is 43.1 Å². The van der Waals surface area contributed by atoms with Crippen LogP contribution in [0.25, 0.3) is 27.8 Å². The van der Waals surface area contributed by atoms with Crippen molar-refractivity contribution in [1.82, 2.24) is 19.0 Å². The standard InChI is InChI=1S/C25H26N4O/c1-19(27-14-6-3-7-15-27)28-17-21(11-13-25(28)30)20-10-12-24-23(16-20)26-18-29(24)22-8-4-2-5-9-22/h2,4-5,8-13,16-19H,3,6-7,14-15H2,1H3. The first-order chi connectivity index (χ1) is 14.7. The number of fused-ring (bicyclic) bond motifs is 1. The van der Waals surface area contributed by atoms with Gasteiger partial charge in [0.05, 0.1) is 17.2 Å². The molecule has 5 nitrogen and oxygen atoms in total. The van der Waals surface area contributed by atoms with Crippen LogP contribution in [0.4, 0.5) is 0 Å². The van der Waals surface area contributed by atoms with Crippen LogP contribution in [0.5, 0.6) is 0 Å². The smallest absolute Gasteiger partial charge is 0.251 e. The van der Waals surface area contributed by atoms with Crippen LogP contribution in [0.2, 0.25) is 0 Å². The first-order valence-corrected chi connectivity index (χ1v) is 10.7. The Morgan fingerprint density at radius 1 is 0.900 bits per heavy atom. The number of imidazole rings is 1. The average Bonchev–Trinajstić information content (AvgIpc) is 3.23. The van der Waals surface area contributed by atoms with Gasteiger partial charge in [-0.25, -0.2) is 4.98 Å². The van der Waals surface area contributed by atoms with Crippen LogP contribution in [0.1, 0.15) is 32.4 Å². The zero-order valence-electron chi connectivity index (χ0n) is 17.2. The summed E-state index contributed by atoms with van der Waals surface area (Å²) in [6.45, 7) is 4.24. The molecule has 1 aliphatic heterocycles. The summed E-state index contributed by atoms with van der Waals surface area (Å²) in [6.07, 6.45) is 7.63. The van der Waals surface area contributed by atoms with Crippen LogP contribution in [0.3, 0.4) is 0 Å². The van der Waals surface area contributed by atoms with E-state index in [4.69, 9.17) is 0 Å². The van der Waals surface area contributed by atoms with Crippen LogP contribution in [-0.2, 0) is 0 Å². The number of piperidine rings is 1. The van der Waals surface area contributed by atoms with E-state index in [1.165, 1.54) is 19.3 Å². The predicted molar refractivity (Wildman–Crippen MR) is 121 cm³/mol. The molecule has 2 aromatic carbocycles. The minimum atomic E-state index is 0.0475. The summed E-state index contributed by atoms with van der Waals surface area (Å²) >= 11 is 0. The van der Waals surface area contributed by atoms with Gasteiger partial charge in [0.2, 0.25) is 0 Å². The van der Waals surface area contributed by atoms with E-state index in [0.717, 1.165) is 40.9 Å².